The Kier molecular flexibility index (Phi) is 6.25. The predicted molar refractivity (Wildman–Crippen MR) is 119 cm³/mol. The molecule has 0 unspecified atom stereocenters. The molecule has 0 spiro atoms. The first-order valence-electron chi connectivity index (χ1n) is 9.91. The minimum absolute atomic E-state index is 0.00490. The Morgan fingerprint density at radius 3 is 2.67 bits per heavy atom. The minimum atomic E-state index is -0.358. The molecule has 1 fully saturated rings. The number of benzene rings is 1. The van der Waals surface area contributed by atoms with Gasteiger partial charge in [-0.1, -0.05) is 35.3 Å². The molecule has 0 aliphatic carbocycles. The quantitative estimate of drug-likeness (QED) is 0.640. The molecule has 3 heterocycles. The first-order chi connectivity index (χ1) is 14.5. The van der Waals surface area contributed by atoms with Crippen molar-refractivity contribution in [3.8, 4) is 0 Å². The summed E-state index contributed by atoms with van der Waals surface area (Å²) < 4.78 is 1.92. The maximum Gasteiger partial charge on any atom is 0.225 e. The molecule has 1 aromatic carbocycles. The van der Waals surface area contributed by atoms with Crippen molar-refractivity contribution in [2.24, 2.45) is 13.0 Å². The smallest absolute Gasteiger partial charge is 0.225 e. The summed E-state index contributed by atoms with van der Waals surface area (Å²) in [6, 6.07) is 10.8. The third kappa shape index (κ3) is 4.45. The van der Waals surface area contributed by atoms with E-state index in [0.29, 0.717) is 16.6 Å². The number of rotatable bonds is 5. The zero-order chi connectivity index (χ0) is 21.1. The number of pyridine rings is 1. The van der Waals surface area contributed by atoms with Crippen LogP contribution in [-0.4, -0.2) is 33.5 Å². The zero-order valence-electron chi connectivity index (χ0n) is 16.6. The Morgan fingerprint density at radius 2 is 1.97 bits per heavy atom. The highest BCUT2D eigenvalue weighted by atomic mass is 35.5. The van der Waals surface area contributed by atoms with Gasteiger partial charge >= 0.3 is 0 Å². The van der Waals surface area contributed by atoms with E-state index < -0.39 is 0 Å². The number of carbonyl (C=O) groups is 1. The average molecular weight is 444 g/mol. The lowest BCUT2D eigenvalue weighted by Crippen LogP contribution is -2.44. The van der Waals surface area contributed by atoms with E-state index in [2.05, 4.69) is 20.2 Å². The van der Waals surface area contributed by atoms with Crippen molar-refractivity contribution >= 4 is 34.9 Å². The Morgan fingerprint density at radius 1 is 1.17 bits per heavy atom. The van der Waals surface area contributed by atoms with Crippen LogP contribution in [0.3, 0.4) is 0 Å². The molecular weight excluding hydrogens is 421 g/mol. The van der Waals surface area contributed by atoms with Crippen molar-refractivity contribution in [2.75, 3.05) is 18.0 Å². The topological polar surface area (TPSA) is 63.1 Å². The third-order valence-corrected chi connectivity index (χ3v) is 5.98. The van der Waals surface area contributed by atoms with Gasteiger partial charge in [-0.05, 0) is 42.7 Å². The molecule has 8 heteroatoms. The first-order valence-corrected chi connectivity index (χ1v) is 10.7. The lowest BCUT2D eigenvalue weighted by atomic mass is 9.96. The van der Waals surface area contributed by atoms with Crippen LogP contribution in [0.4, 0.5) is 5.82 Å². The average Bonchev–Trinajstić information content (AvgIpc) is 3.18. The number of imidazole rings is 1. The number of halogens is 2. The molecule has 1 aliphatic rings. The monoisotopic (exact) mass is 443 g/mol. The Bertz CT molecular complexity index is 1020. The molecule has 0 bridgehead atoms. The lowest BCUT2D eigenvalue weighted by Gasteiger charge is -2.34. The summed E-state index contributed by atoms with van der Waals surface area (Å²) >= 11 is 12.4. The van der Waals surface area contributed by atoms with Crippen LogP contribution in [-0.2, 0) is 11.8 Å². The molecule has 2 atom stereocenters. The molecule has 2 aromatic heterocycles. The maximum absolute atomic E-state index is 13.3. The SMILES string of the molecule is Cn1ccnc1[C@H](NC(=O)[C@@H]1CCCN(c2ncccc2Cl)C1)c1ccc(Cl)cc1. The first kappa shape index (κ1) is 20.7. The van der Waals surface area contributed by atoms with E-state index in [0.717, 1.165) is 36.6 Å². The summed E-state index contributed by atoms with van der Waals surface area (Å²) in [5, 5.41) is 4.46. The number of hydrogen-bond acceptors (Lipinski definition) is 4. The van der Waals surface area contributed by atoms with Gasteiger partial charge in [0.05, 0.1) is 10.9 Å². The van der Waals surface area contributed by atoms with Crippen LogP contribution in [0.5, 0.6) is 0 Å². The number of aromatic nitrogens is 3. The summed E-state index contributed by atoms with van der Waals surface area (Å²) in [7, 11) is 1.92. The van der Waals surface area contributed by atoms with Gasteiger partial charge in [-0.15, -0.1) is 0 Å². The van der Waals surface area contributed by atoms with Crippen LogP contribution in [0.25, 0.3) is 0 Å². The van der Waals surface area contributed by atoms with Crippen molar-refractivity contribution in [2.45, 2.75) is 18.9 Å². The van der Waals surface area contributed by atoms with Crippen LogP contribution in [0.1, 0.15) is 30.3 Å². The number of carbonyl (C=O) groups excluding carboxylic acids is 1. The van der Waals surface area contributed by atoms with Crippen molar-refractivity contribution in [1.82, 2.24) is 19.9 Å². The second kappa shape index (κ2) is 9.06. The Balaban J connectivity index is 1.54. The number of nitrogens with zero attached hydrogens (tertiary/aromatic N) is 4. The van der Waals surface area contributed by atoms with Crippen LogP contribution in [0, 0.1) is 5.92 Å². The van der Waals surface area contributed by atoms with Crippen LogP contribution in [0.15, 0.2) is 55.0 Å². The zero-order valence-corrected chi connectivity index (χ0v) is 18.1. The fourth-order valence-electron chi connectivity index (χ4n) is 3.86. The Labute approximate surface area is 185 Å². The van der Waals surface area contributed by atoms with E-state index in [1.807, 2.05) is 54.2 Å². The molecule has 1 saturated heterocycles. The highest BCUT2D eigenvalue weighted by Gasteiger charge is 2.30. The second-order valence-corrected chi connectivity index (χ2v) is 8.33. The summed E-state index contributed by atoms with van der Waals surface area (Å²) in [5.41, 5.74) is 0.933. The molecule has 1 aliphatic heterocycles. The molecule has 30 heavy (non-hydrogen) atoms. The molecule has 1 amide bonds. The van der Waals surface area contributed by atoms with Gasteiger partial charge in [-0.2, -0.15) is 0 Å². The number of anilines is 1. The number of nitrogens with one attached hydrogen (secondary N) is 1. The van der Waals surface area contributed by atoms with Gasteiger partial charge in [-0.25, -0.2) is 9.97 Å². The van der Waals surface area contributed by atoms with Gasteiger partial charge in [0, 0.05) is 43.8 Å². The largest absolute Gasteiger partial charge is 0.355 e. The van der Waals surface area contributed by atoms with E-state index in [1.54, 1.807) is 12.4 Å². The number of amides is 1. The van der Waals surface area contributed by atoms with Gasteiger partial charge in [0.15, 0.2) is 0 Å². The van der Waals surface area contributed by atoms with Crippen molar-refractivity contribution < 1.29 is 4.79 Å². The van der Waals surface area contributed by atoms with E-state index in [9.17, 15) is 4.79 Å². The van der Waals surface area contributed by atoms with Gasteiger partial charge in [-0.3, -0.25) is 4.79 Å². The number of piperidine rings is 1. The third-order valence-electron chi connectivity index (χ3n) is 5.44. The van der Waals surface area contributed by atoms with Crippen LogP contribution < -0.4 is 10.2 Å². The molecule has 0 saturated carbocycles. The highest BCUT2D eigenvalue weighted by molar-refractivity contribution is 6.33. The van der Waals surface area contributed by atoms with E-state index in [-0.39, 0.29) is 17.9 Å². The fraction of sp³-hybridized carbons (Fsp3) is 0.318. The molecule has 1 N–H and O–H groups in total. The molecule has 3 aromatic rings. The second-order valence-electron chi connectivity index (χ2n) is 7.48. The molecule has 4 rings (SSSR count). The highest BCUT2D eigenvalue weighted by Crippen LogP contribution is 2.29. The number of hydrogen-bond donors (Lipinski definition) is 1. The van der Waals surface area contributed by atoms with Gasteiger partial charge in [0.1, 0.15) is 17.7 Å². The lowest BCUT2D eigenvalue weighted by molar-refractivity contribution is -0.125. The summed E-state index contributed by atoms with van der Waals surface area (Å²) in [6.45, 7) is 1.41. The predicted octanol–water partition coefficient (Wildman–Crippen LogP) is 4.24. The molecule has 6 nitrogen and oxygen atoms in total. The van der Waals surface area contributed by atoms with Crippen molar-refractivity contribution in [3.05, 3.63) is 76.4 Å². The Hall–Kier alpha value is -2.57. The standard InChI is InChI=1S/C22H23Cl2N5O/c1-28-13-11-26-21(28)19(15-6-8-17(23)9-7-15)27-22(30)16-4-3-12-29(14-16)20-18(24)5-2-10-25-20/h2,5-11,13,16,19H,3-4,12,14H2,1H3,(H,27,30)/t16-,19-/m1/s1. The normalized spacial score (nSPS) is 17.6. The van der Waals surface area contributed by atoms with Crippen LogP contribution >= 0.6 is 23.2 Å². The minimum Gasteiger partial charge on any atom is -0.355 e. The van der Waals surface area contributed by atoms with Gasteiger partial charge < -0.3 is 14.8 Å². The van der Waals surface area contributed by atoms with Gasteiger partial charge in [0.2, 0.25) is 5.91 Å². The van der Waals surface area contributed by atoms with Gasteiger partial charge in [0.25, 0.3) is 0 Å². The van der Waals surface area contributed by atoms with Crippen LogP contribution in [0.2, 0.25) is 10.0 Å². The van der Waals surface area contributed by atoms with E-state index in [4.69, 9.17) is 23.2 Å². The molecule has 0 radical (unpaired) electrons. The van der Waals surface area contributed by atoms with E-state index in [1.165, 1.54) is 0 Å². The summed E-state index contributed by atoms with van der Waals surface area (Å²) in [6.07, 6.45) is 7.05. The summed E-state index contributed by atoms with van der Waals surface area (Å²) in [4.78, 5) is 24.2. The summed E-state index contributed by atoms with van der Waals surface area (Å²) in [5.74, 6) is 1.34. The molecule has 156 valence electrons. The van der Waals surface area contributed by atoms with E-state index >= 15 is 0 Å². The van der Waals surface area contributed by atoms with Crippen molar-refractivity contribution in [3.63, 3.8) is 0 Å². The number of aryl methyl sites for hydroxylation is 1. The van der Waals surface area contributed by atoms with Crippen molar-refractivity contribution in [1.29, 1.82) is 0 Å². The molecular formula is C22H23Cl2N5O. The fourth-order valence-corrected chi connectivity index (χ4v) is 4.23. The maximum atomic E-state index is 13.3.